The number of likely N-dealkylation sites (N-methyl/N-ethyl adjacent to an activating group) is 1. The van der Waals surface area contributed by atoms with Gasteiger partial charge in [0, 0.05) is 16.6 Å². The number of fused-ring (bicyclic) bond motifs is 1. The lowest BCUT2D eigenvalue weighted by molar-refractivity contribution is 0.164. The van der Waals surface area contributed by atoms with Crippen molar-refractivity contribution in [1.29, 1.82) is 0 Å². The molecule has 1 heterocycles. The van der Waals surface area contributed by atoms with Gasteiger partial charge in [0.2, 0.25) is 0 Å². The zero-order valence-corrected chi connectivity index (χ0v) is 16.4. The average molecular weight is 397 g/mol. The zero-order chi connectivity index (χ0) is 18.9. The summed E-state index contributed by atoms with van der Waals surface area (Å²) in [6.45, 7) is 0.475. The van der Waals surface area contributed by atoms with Gasteiger partial charge in [0.1, 0.15) is 18.1 Å². The second-order valence-corrected chi connectivity index (χ2v) is 8.43. The van der Waals surface area contributed by atoms with Crippen molar-refractivity contribution < 1.29 is 17.9 Å². The Balaban J connectivity index is 1.97. The Bertz CT molecular complexity index is 898. The third-order valence-electron chi connectivity index (χ3n) is 4.40. The number of halogens is 1. The summed E-state index contributed by atoms with van der Waals surface area (Å²) in [5, 5.41) is 0.476. The van der Waals surface area contributed by atoms with Gasteiger partial charge in [-0.2, -0.15) is 0 Å². The van der Waals surface area contributed by atoms with E-state index >= 15 is 0 Å². The molecule has 3 rings (SSSR count). The fraction of sp³-hybridized carbons (Fsp3) is 0.333. The number of sulfonamides is 1. The average Bonchev–Trinajstić information content (AvgIpc) is 2.61. The molecule has 1 aliphatic heterocycles. The van der Waals surface area contributed by atoms with E-state index in [1.807, 2.05) is 14.1 Å². The topological polar surface area (TPSA) is 67.9 Å². The molecule has 0 aliphatic carbocycles. The molecule has 0 aromatic heterocycles. The fourth-order valence-electron chi connectivity index (χ4n) is 2.86. The lowest BCUT2D eigenvalue weighted by Gasteiger charge is -2.32. The van der Waals surface area contributed by atoms with Crippen molar-refractivity contribution >= 4 is 27.3 Å². The molecule has 1 atom stereocenters. The van der Waals surface area contributed by atoms with Crippen LogP contribution in [-0.2, 0) is 16.4 Å². The van der Waals surface area contributed by atoms with Crippen molar-refractivity contribution in [3.05, 3.63) is 47.0 Å². The maximum absolute atomic E-state index is 12.7. The first kappa shape index (κ1) is 18.8. The van der Waals surface area contributed by atoms with Crippen molar-refractivity contribution in [3.8, 4) is 11.5 Å². The maximum Gasteiger partial charge on any atom is 0.262 e. The Hall–Kier alpha value is -1.96. The summed E-state index contributed by atoms with van der Waals surface area (Å²) in [4.78, 5) is 2.21. The second kappa shape index (κ2) is 7.34. The summed E-state index contributed by atoms with van der Waals surface area (Å²) in [5.74, 6) is 1.20. The van der Waals surface area contributed by atoms with Crippen LogP contribution in [0.5, 0.6) is 11.5 Å². The van der Waals surface area contributed by atoms with Crippen molar-refractivity contribution in [2.24, 2.45) is 0 Å². The summed E-state index contributed by atoms with van der Waals surface area (Å²) in [6, 6.07) is 9.60. The molecule has 6 nitrogen and oxygen atoms in total. The minimum Gasteiger partial charge on any atom is -0.496 e. The monoisotopic (exact) mass is 396 g/mol. The number of methoxy groups -OCH3 is 1. The molecule has 0 radical (unpaired) electrons. The van der Waals surface area contributed by atoms with E-state index in [4.69, 9.17) is 21.1 Å². The maximum atomic E-state index is 12.7. The number of rotatable bonds is 5. The predicted octanol–water partition coefficient (Wildman–Crippen LogP) is 3.01. The van der Waals surface area contributed by atoms with Crippen molar-refractivity contribution in [3.63, 3.8) is 0 Å². The Kier molecular flexibility index (Phi) is 5.32. The molecule has 1 N–H and O–H groups in total. The standard InChI is InChI=1S/C18H21ClN2O4S/c1-21(2)13-10-15-17(24-3)9-8-16(18(15)25-11-13)20-26(22,23)14-6-4-12(19)5-7-14/h4-9,13,20H,10-11H2,1-3H3/t13-/m1/s1. The van der Waals surface area contributed by atoms with Crippen LogP contribution in [0.15, 0.2) is 41.3 Å². The van der Waals surface area contributed by atoms with E-state index in [1.165, 1.54) is 24.3 Å². The highest BCUT2D eigenvalue weighted by Crippen LogP contribution is 2.40. The van der Waals surface area contributed by atoms with Crippen LogP contribution < -0.4 is 14.2 Å². The van der Waals surface area contributed by atoms with Gasteiger partial charge in [0.05, 0.1) is 17.7 Å². The molecular weight excluding hydrogens is 376 g/mol. The Morgan fingerprint density at radius 1 is 1.19 bits per heavy atom. The first-order chi connectivity index (χ1) is 12.3. The van der Waals surface area contributed by atoms with Crippen molar-refractivity contribution in [2.75, 3.05) is 32.5 Å². The van der Waals surface area contributed by atoms with E-state index in [0.29, 0.717) is 35.2 Å². The number of benzene rings is 2. The van der Waals surface area contributed by atoms with E-state index in [1.54, 1.807) is 19.2 Å². The Morgan fingerprint density at radius 3 is 2.50 bits per heavy atom. The van der Waals surface area contributed by atoms with Gasteiger partial charge in [-0.3, -0.25) is 4.72 Å². The second-order valence-electron chi connectivity index (χ2n) is 6.32. The molecule has 0 bridgehead atoms. The van der Waals surface area contributed by atoms with Crippen LogP contribution in [0, 0.1) is 0 Å². The molecule has 0 saturated carbocycles. The van der Waals surface area contributed by atoms with Crippen molar-refractivity contribution in [1.82, 2.24) is 4.90 Å². The van der Waals surface area contributed by atoms with Crippen LogP contribution >= 0.6 is 11.6 Å². The van der Waals surface area contributed by atoms with E-state index < -0.39 is 10.0 Å². The van der Waals surface area contributed by atoms with Crippen LogP contribution in [0.4, 0.5) is 5.69 Å². The summed E-state index contributed by atoms with van der Waals surface area (Å²) in [5.41, 5.74) is 1.25. The molecular formula is C18H21ClN2O4S. The summed E-state index contributed by atoms with van der Waals surface area (Å²) in [6.07, 6.45) is 0.710. The molecule has 140 valence electrons. The molecule has 0 saturated heterocycles. The molecule has 26 heavy (non-hydrogen) atoms. The van der Waals surface area contributed by atoms with E-state index in [0.717, 1.165) is 5.56 Å². The molecule has 0 unspecified atom stereocenters. The number of anilines is 1. The summed E-state index contributed by atoms with van der Waals surface area (Å²) in [7, 11) is 1.81. The lowest BCUT2D eigenvalue weighted by Crippen LogP contribution is -2.38. The Morgan fingerprint density at radius 2 is 1.88 bits per heavy atom. The molecule has 0 spiro atoms. The quantitative estimate of drug-likeness (QED) is 0.841. The van der Waals surface area contributed by atoms with Crippen LogP contribution in [0.2, 0.25) is 5.02 Å². The smallest absolute Gasteiger partial charge is 0.262 e. The first-order valence-electron chi connectivity index (χ1n) is 8.09. The van der Waals surface area contributed by atoms with Crippen LogP contribution in [-0.4, -0.2) is 47.2 Å². The van der Waals surface area contributed by atoms with Gasteiger partial charge in [0.25, 0.3) is 10.0 Å². The molecule has 8 heteroatoms. The minimum absolute atomic E-state index is 0.133. The summed E-state index contributed by atoms with van der Waals surface area (Å²) < 4.78 is 39.3. The molecule has 1 aliphatic rings. The van der Waals surface area contributed by atoms with Gasteiger partial charge in [-0.05, 0) is 56.9 Å². The third-order valence-corrected chi connectivity index (χ3v) is 6.03. The van der Waals surface area contributed by atoms with Gasteiger partial charge in [-0.25, -0.2) is 8.42 Å². The zero-order valence-electron chi connectivity index (χ0n) is 14.8. The van der Waals surface area contributed by atoms with Gasteiger partial charge >= 0.3 is 0 Å². The van der Waals surface area contributed by atoms with Gasteiger partial charge < -0.3 is 14.4 Å². The van der Waals surface area contributed by atoms with E-state index in [-0.39, 0.29) is 10.9 Å². The largest absolute Gasteiger partial charge is 0.496 e. The van der Waals surface area contributed by atoms with Gasteiger partial charge in [-0.1, -0.05) is 11.6 Å². The third kappa shape index (κ3) is 3.75. The van der Waals surface area contributed by atoms with E-state index in [2.05, 4.69) is 9.62 Å². The normalized spacial score (nSPS) is 16.7. The minimum atomic E-state index is -3.75. The highest BCUT2D eigenvalue weighted by molar-refractivity contribution is 7.92. The molecule has 2 aromatic rings. The number of nitrogens with zero attached hydrogens (tertiary/aromatic N) is 1. The summed E-state index contributed by atoms with van der Waals surface area (Å²) >= 11 is 5.84. The Labute approximate surface area is 158 Å². The molecule has 0 fully saturated rings. The molecule has 2 aromatic carbocycles. The molecule has 0 amide bonds. The number of hydrogen-bond donors (Lipinski definition) is 1. The van der Waals surface area contributed by atoms with Crippen molar-refractivity contribution in [2.45, 2.75) is 17.4 Å². The van der Waals surface area contributed by atoms with Gasteiger partial charge in [-0.15, -0.1) is 0 Å². The van der Waals surface area contributed by atoms with Crippen LogP contribution in [0.3, 0.4) is 0 Å². The highest BCUT2D eigenvalue weighted by Gasteiger charge is 2.28. The number of nitrogens with one attached hydrogen (secondary N) is 1. The SMILES string of the molecule is COc1ccc(NS(=O)(=O)c2ccc(Cl)cc2)c2c1C[C@@H](N(C)C)CO2. The lowest BCUT2D eigenvalue weighted by atomic mass is 10.00. The highest BCUT2D eigenvalue weighted by atomic mass is 35.5. The number of ether oxygens (including phenoxy) is 2. The van der Waals surface area contributed by atoms with E-state index in [9.17, 15) is 8.42 Å². The first-order valence-corrected chi connectivity index (χ1v) is 9.95. The number of hydrogen-bond acceptors (Lipinski definition) is 5. The van der Waals surface area contributed by atoms with Crippen LogP contribution in [0.25, 0.3) is 0 Å². The fourth-order valence-corrected chi connectivity index (χ4v) is 4.05. The van der Waals surface area contributed by atoms with Crippen LogP contribution in [0.1, 0.15) is 5.56 Å². The predicted molar refractivity (Wildman–Crippen MR) is 102 cm³/mol. The van der Waals surface area contributed by atoms with Gasteiger partial charge in [0.15, 0.2) is 0 Å².